The van der Waals surface area contributed by atoms with E-state index in [1.165, 1.54) is 11.6 Å². The second-order valence-corrected chi connectivity index (χ2v) is 6.53. The van der Waals surface area contributed by atoms with Gasteiger partial charge in [0.05, 0.1) is 6.26 Å². The highest BCUT2D eigenvalue weighted by atomic mass is 32.2. The molecule has 0 saturated carbocycles. The molecule has 1 aromatic rings. The van der Waals surface area contributed by atoms with Crippen LogP contribution in [0.1, 0.15) is 31.9 Å². The van der Waals surface area contributed by atoms with Crippen molar-refractivity contribution in [1.82, 2.24) is 4.72 Å². The highest BCUT2D eigenvalue weighted by Gasteiger charge is 2.06. The van der Waals surface area contributed by atoms with Crippen LogP contribution < -0.4 is 4.72 Å². The van der Waals surface area contributed by atoms with Crippen molar-refractivity contribution >= 4 is 27.6 Å². The molecule has 108 valence electrons. The van der Waals surface area contributed by atoms with Gasteiger partial charge in [-0.2, -0.15) is 0 Å². The zero-order valence-electron chi connectivity index (χ0n) is 12.1. The molecule has 1 rings (SSSR count). The van der Waals surface area contributed by atoms with Gasteiger partial charge in [-0.05, 0) is 43.5 Å². The first kappa shape index (κ1) is 16.2. The molecule has 0 fully saturated rings. The monoisotopic (exact) mass is 293 g/mol. The fourth-order valence-electron chi connectivity index (χ4n) is 1.64. The van der Waals surface area contributed by atoms with Crippen LogP contribution in [-0.2, 0) is 14.8 Å². The molecule has 0 aromatic heterocycles. The minimum Gasteiger partial charge on any atom is -0.269 e. The molecule has 0 aliphatic heterocycles. The second kappa shape index (κ2) is 6.52. The van der Waals surface area contributed by atoms with Gasteiger partial charge in [0.25, 0.3) is 5.91 Å². The highest BCUT2D eigenvalue weighted by molar-refractivity contribution is 7.89. The van der Waals surface area contributed by atoms with E-state index in [1.54, 1.807) is 6.08 Å². The van der Waals surface area contributed by atoms with E-state index in [-0.39, 0.29) is 0 Å². The van der Waals surface area contributed by atoms with Gasteiger partial charge in [0.2, 0.25) is 10.0 Å². The molecule has 0 radical (unpaired) electrons. The maximum Gasteiger partial charge on any atom is 0.257 e. The molecule has 0 bridgehead atoms. The number of hydrogen-bond donors (Lipinski definition) is 1. The van der Waals surface area contributed by atoms with Crippen LogP contribution in [-0.4, -0.2) is 20.6 Å². The third kappa shape index (κ3) is 5.01. The molecular weight excluding hydrogens is 274 g/mol. The van der Waals surface area contributed by atoms with Crippen LogP contribution >= 0.6 is 0 Å². The molecule has 0 aliphatic rings. The van der Waals surface area contributed by atoms with E-state index in [9.17, 15) is 13.2 Å². The molecule has 0 aliphatic carbocycles. The lowest BCUT2D eigenvalue weighted by atomic mass is 9.97. The Balaban J connectivity index is 3.05. The van der Waals surface area contributed by atoms with E-state index in [1.807, 2.05) is 49.8 Å². The van der Waals surface area contributed by atoms with Gasteiger partial charge >= 0.3 is 0 Å². The summed E-state index contributed by atoms with van der Waals surface area (Å²) in [5, 5.41) is 0. The molecule has 0 saturated heterocycles. The van der Waals surface area contributed by atoms with E-state index in [0.717, 1.165) is 23.0 Å². The van der Waals surface area contributed by atoms with Gasteiger partial charge in [0, 0.05) is 6.08 Å². The van der Waals surface area contributed by atoms with E-state index in [4.69, 9.17) is 0 Å². The Kier molecular flexibility index (Phi) is 5.27. The molecular formula is C15H19NO3S. The predicted molar refractivity (Wildman–Crippen MR) is 82.4 cm³/mol. The zero-order chi connectivity index (χ0) is 15.3. The van der Waals surface area contributed by atoms with Gasteiger partial charge in [0.15, 0.2) is 0 Å². The summed E-state index contributed by atoms with van der Waals surface area (Å²) in [5.41, 5.74) is 4.21. The number of carbonyl (C=O) groups is 1. The third-order valence-electron chi connectivity index (χ3n) is 2.82. The second-order valence-electron chi connectivity index (χ2n) is 4.78. The van der Waals surface area contributed by atoms with Crippen LogP contribution in [0.5, 0.6) is 0 Å². The zero-order valence-corrected chi connectivity index (χ0v) is 12.9. The summed E-state index contributed by atoms with van der Waals surface area (Å²) >= 11 is 0. The Morgan fingerprint density at radius 2 is 1.75 bits per heavy atom. The minimum atomic E-state index is -3.53. The fraction of sp³-hybridized carbons (Fsp3) is 0.267. The molecule has 1 N–H and O–H groups in total. The van der Waals surface area contributed by atoms with Crippen molar-refractivity contribution in [3.63, 3.8) is 0 Å². The van der Waals surface area contributed by atoms with E-state index in [2.05, 4.69) is 0 Å². The van der Waals surface area contributed by atoms with E-state index in [0.29, 0.717) is 0 Å². The lowest BCUT2D eigenvalue weighted by molar-refractivity contribution is -0.114. The molecule has 0 unspecified atom stereocenters. The van der Waals surface area contributed by atoms with Crippen molar-refractivity contribution in [3.8, 4) is 0 Å². The smallest absolute Gasteiger partial charge is 0.257 e. The van der Waals surface area contributed by atoms with Gasteiger partial charge in [-0.15, -0.1) is 0 Å². The first-order valence-corrected chi connectivity index (χ1v) is 8.03. The number of nitrogens with one attached hydrogen (secondary N) is 1. The van der Waals surface area contributed by atoms with Crippen LogP contribution in [0.3, 0.4) is 0 Å². The van der Waals surface area contributed by atoms with Crippen molar-refractivity contribution < 1.29 is 13.2 Å². The topological polar surface area (TPSA) is 63.2 Å². The largest absolute Gasteiger partial charge is 0.269 e. The summed E-state index contributed by atoms with van der Waals surface area (Å²) in [5.74, 6) is -0.655. The number of hydrogen-bond acceptors (Lipinski definition) is 3. The molecule has 5 heteroatoms. The summed E-state index contributed by atoms with van der Waals surface area (Å²) in [7, 11) is -3.53. The standard InChI is InChI=1S/C15H19NO3S/c1-11(2)12(3)14-8-6-5-7-13(14)9-10-15(17)16-20(4,18)19/h5-10H,1-4H3,(H,16,17)/b10-9+. The molecule has 1 amide bonds. The van der Waals surface area contributed by atoms with Crippen molar-refractivity contribution in [2.24, 2.45) is 0 Å². The van der Waals surface area contributed by atoms with Gasteiger partial charge in [-0.1, -0.05) is 29.8 Å². The molecule has 20 heavy (non-hydrogen) atoms. The Morgan fingerprint density at radius 3 is 2.30 bits per heavy atom. The van der Waals surface area contributed by atoms with Crippen molar-refractivity contribution in [2.45, 2.75) is 20.8 Å². The quantitative estimate of drug-likeness (QED) is 0.868. The van der Waals surface area contributed by atoms with Gasteiger partial charge in [0.1, 0.15) is 0 Å². The number of sulfonamides is 1. The number of carbonyl (C=O) groups excluding carboxylic acids is 1. The van der Waals surface area contributed by atoms with Crippen molar-refractivity contribution in [1.29, 1.82) is 0 Å². The van der Waals surface area contributed by atoms with Crippen molar-refractivity contribution in [3.05, 3.63) is 47.0 Å². The van der Waals surface area contributed by atoms with Crippen molar-refractivity contribution in [2.75, 3.05) is 6.26 Å². The first-order valence-electron chi connectivity index (χ1n) is 6.14. The summed E-state index contributed by atoms with van der Waals surface area (Å²) < 4.78 is 23.8. The molecule has 1 aromatic carbocycles. The van der Waals surface area contributed by atoms with Crippen LogP contribution in [0.4, 0.5) is 0 Å². The van der Waals surface area contributed by atoms with Gasteiger partial charge in [-0.25, -0.2) is 13.1 Å². The Bertz CT molecular complexity index is 666. The third-order valence-corrected chi connectivity index (χ3v) is 3.39. The number of rotatable bonds is 4. The number of amides is 1. The summed E-state index contributed by atoms with van der Waals surface area (Å²) in [6.07, 6.45) is 3.78. The van der Waals surface area contributed by atoms with E-state index < -0.39 is 15.9 Å². The highest BCUT2D eigenvalue weighted by Crippen LogP contribution is 2.22. The minimum absolute atomic E-state index is 0.655. The lowest BCUT2D eigenvalue weighted by Gasteiger charge is -2.08. The maximum atomic E-state index is 11.5. The van der Waals surface area contributed by atoms with Gasteiger partial charge in [-0.3, -0.25) is 4.79 Å². The Morgan fingerprint density at radius 1 is 1.15 bits per heavy atom. The molecule has 0 heterocycles. The van der Waals surface area contributed by atoms with Crippen LogP contribution in [0.2, 0.25) is 0 Å². The van der Waals surface area contributed by atoms with Gasteiger partial charge < -0.3 is 0 Å². The fourth-order valence-corrected chi connectivity index (χ4v) is 2.07. The first-order chi connectivity index (χ1) is 9.20. The predicted octanol–water partition coefficient (Wildman–Crippen LogP) is 2.59. The molecule has 0 spiro atoms. The Hall–Kier alpha value is -1.88. The normalized spacial score (nSPS) is 11.4. The molecule has 0 atom stereocenters. The lowest BCUT2D eigenvalue weighted by Crippen LogP contribution is -2.27. The number of allylic oxidation sites excluding steroid dienone is 2. The maximum absolute atomic E-state index is 11.5. The summed E-state index contributed by atoms with van der Waals surface area (Å²) in [6, 6.07) is 7.65. The average Bonchev–Trinajstić information content (AvgIpc) is 2.33. The molecule has 4 nitrogen and oxygen atoms in total. The van der Waals surface area contributed by atoms with Crippen LogP contribution in [0, 0.1) is 0 Å². The van der Waals surface area contributed by atoms with E-state index >= 15 is 0 Å². The number of benzene rings is 1. The Labute approximate surface area is 120 Å². The SMILES string of the molecule is CC(C)=C(C)c1ccccc1/C=C/C(=O)NS(C)(=O)=O. The van der Waals surface area contributed by atoms with Crippen LogP contribution in [0.15, 0.2) is 35.9 Å². The summed E-state index contributed by atoms with van der Waals surface area (Å²) in [6.45, 7) is 6.05. The van der Waals surface area contributed by atoms with Crippen LogP contribution in [0.25, 0.3) is 11.6 Å². The average molecular weight is 293 g/mol. The summed E-state index contributed by atoms with van der Waals surface area (Å²) in [4.78, 5) is 11.5.